The van der Waals surface area contributed by atoms with Gasteiger partial charge in [-0.05, 0) is 18.1 Å². The minimum absolute atomic E-state index is 0.188. The standard InChI is InChI=1S/C10H14O.C2H3F3/c1-9(2)8-11-10-6-4-3-5-7-10;1-2(3,4)5/h3-7,9H,8H2,1-2H3;1H3. The Balaban J connectivity index is 0.000000385. The van der Waals surface area contributed by atoms with E-state index in [2.05, 4.69) is 13.8 Å². The van der Waals surface area contributed by atoms with Gasteiger partial charge in [-0.3, -0.25) is 0 Å². The quantitative estimate of drug-likeness (QED) is 0.758. The van der Waals surface area contributed by atoms with Crippen LogP contribution in [0.25, 0.3) is 0 Å². The van der Waals surface area contributed by atoms with Crippen molar-refractivity contribution in [2.45, 2.75) is 26.9 Å². The summed E-state index contributed by atoms with van der Waals surface area (Å²) in [5, 5.41) is 0. The van der Waals surface area contributed by atoms with Gasteiger partial charge in [0.25, 0.3) is 0 Å². The van der Waals surface area contributed by atoms with E-state index in [1.807, 2.05) is 30.3 Å². The molecule has 0 bridgehead atoms. The number of ether oxygens (including phenoxy) is 1. The molecule has 0 atom stereocenters. The van der Waals surface area contributed by atoms with Crippen molar-refractivity contribution in [2.24, 2.45) is 5.92 Å². The van der Waals surface area contributed by atoms with E-state index in [0.29, 0.717) is 5.92 Å². The fourth-order valence-corrected chi connectivity index (χ4v) is 0.780. The fourth-order valence-electron chi connectivity index (χ4n) is 0.780. The molecule has 0 N–H and O–H groups in total. The van der Waals surface area contributed by atoms with Crippen LogP contribution < -0.4 is 4.74 Å². The lowest BCUT2D eigenvalue weighted by Gasteiger charge is -2.07. The van der Waals surface area contributed by atoms with E-state index in [9.17, 15) is 13.2 Å². The van der Waals surface area contributed by atoms with Crippen LogP contribution in [0.15, 0.2) is 30.3 Å². The predicted octanol–water partition coefficient (Wildman–Crippen LogP) is 4.29. The minimum Gasteiger partial charge on any atom is -0.493 e. The highest BCUT2D eigenvalue weighted by Crippen LogP contribution is 2.10. The summed E-state index contributed by atoms with van der Waals surface area (Å²) in [5.41, 5.74) is 0. The van der Waals surface area contributed by atoms with Crippen molar-refractivity contribution in [3.63, 3.8) is 0 Å². The first kappa shape index (κ1) is 14.8. The van der Waals surface area contributed by atoms with Gasteiger partial charge in [0.05, 0.1) is 6.61 Å². The average molecular weight is 234 g/mol. The highest BCUT2D eigenvalue weighted by atomic mass is 19.4. The molecule has 1 aromatic rings. The zero-order valence-corrected chi connectivity index (χ0v) is 9.71. The van der Waals surface area contributed by atoms with Crippen LogP contribution in [0.2, 0.25) is 0 Å². The Hall–Kier alpha value is -1.19. The molecule has 0 aliphatic rings. The van der Waals surface area contributed by atoms with Crippen molar-refractivity contribution < 1.29 is 17.9 Å². The molecule has 0 fully saturated rings. The van der Waals surface area contributed by atoms with Crippen LogP contribution in [0, 0.1) is 5.92 Å². The lowest BCUT2D eigenvalue weighted by atomic mass is 10.2. The van der Waals surface area contributed by atoms with Gasteiger partial charge >= 0.3 is 6.18 Å². The largest absolute Gasteiger partial charge is 0.493 e. The van der Waals surface area contributed by atoms with Crippen molar-refractivity contribution in [1.29, 1.82) is 0 Å². The van der Waals surface area contributed by atoms with Gasteiger partial charge in [0.1, 0.15) is 5.75 Å². The monoisotopic (exact) mass is 234 g/mol. The van der Waals surface area contributed by atoms with Gasteiger partial charge in [-0.15, -0.1) is 0 Å². The minimum atomic E-state index is -4.00. The maximum absolute atomic E-state index is 10.4. The number of benzene rings is 1. The smallest absolute Gasteiger partial charge is 0.386 e. The van der Waals surface area contributed by atoms with Crippen molar-refractivity contribution in [1.82, 2.24) is 0 Å². The summed E-state index contributed by atoms with van der Waals surface area (Å²) in [5.74, 6) is 1.55. The Bertz CT molecular complexity index is 261. The Kier molecular flexibility index (Phi) is 6.61. The summed E-state index contributed by atoms with van der Waals surface area (Å²) in [6, 6.07) is 9.90. The average Bonchev–Trinajstić information content (AvgIpc) is 2.14. The summed E-state index contributed by atoms with van der Waals surface area (Å²) in [6.07, 6.45) is -4.00. The molecule has 92 valence electrons. The van der Waals surface area contributed by atoms with Gasteiger partial charge in [-0.25, -0.2) is 0 Å². The van der Waals surface area contributed by atoms with Crippen LogP contribution in [0.3, 0.4) is 0 Å². The summed E-state index contributed by atoms with van der Waals surface area (Å²) in [4.78, 5) is 0. The first-order chi connectivity index (χ1) is 7.29. The third-order valence-electron chi connectivity index (χ3n) is 1.33. The van der Waals surface area contributed by atoms with E-state index >= 15 is 0 Å². The highest BCUT2D eigenvalue weighted by molar-refractivity contribution is 5.20. The van der Waals surface area contributed by atoms with Crippen LogP contribution in [0.4, 0.5) is 13.2 Å². The molecule has 0 saturated carbocycles. The van der Waals surface area contributed by atoms with Crippen LogP contribution in [-0.4, -0.2) is 12.8 Å². The Labute approximate surface area is 94.2 Å². The molecule has 1 aromatic carbocycles. The molecule has 0 aromatic heterocycles. The zero-order chi connectivity index (χ0) is 12.6. The first-order valence-electron chi connectivity index (χ1n) is 5.03. The van der Waals surface area contributed by atoms with E-state index in [-0.39, 0.29) is 6.92 Å². The number of hydrogen-bond acceptors (Lipinski definition) is 1. The Morgan fingerprint density at radius 1 is 1.12 bits per heavy atom. The maximum Gasteiger partial charge on any atom is 0.386 e. The molecule has 16 heavy (non-hydrogen) atoms. The molecule has 0 amide bonds. The number of para-hydroxylation sites is 1. The molecule has 1 nitrogen and oxygen atoms in total. The topological polar surface area (TPSA) is 9.23 Å². The third kappa shape index (κ3) is 12.8. The summed E-state index contributed by atoms with van der Waals surface area (Å²) in [6.45, 7) is 5.27. The fraction of sp³-hybridized carbons (Fsp3) is 0.500. The van der Waals surface area contributed by atoms with Crippen molar-refractivity contribution in [3.05, 3.63) is 30.3 Å². The molecule has 0 unspecified atom stereocenters. The predicted molar refractivity (Wildman–Crippen MR) is 58.5 cm³/mol. The van der Waals surface area contributed by atoms with Crippen LogP contribution in [0.1, 0.15) is 20.8 Å². The Morgan fingerprint density at radius 3 is 1.94 bits per heavy atom. The van der Waals surface area contributed by atoms with E-state index in [1.54, 1.807) is 0 Å². The van der Waals surface area contributed by atoms with Gasteiger partial charge in [-0.2, -0.15) is 13.2 Å². The van der Waals surface area contributed by atoms with Crippen LogP contribution >= 0.6 is 0 Å². The molecular formula is C12H17F3O. The Morgan fingerprint density at radius 2 is 1.56 bits per heavy atom. The molecule has 0 spiro atoms. The van der Waals surface area contributed by atoms with Crippen LogP contribution in [-0.2, 0) is 0 Å². The normalized spacial score (nSPS) is 10.7. The second-order valence-corrected chi connectivity index (χ2v) is 3.80. The number of hydrogen-bond donors (Lipinski definition) is 0. The maximum atomic E-state index is 10.4. The second kappa shape index (κ2) is 7.14. The first-order valence-corrected chi connectivity index (χ1v) is 5.03. The van der Waals surface area contributed by atoms with Crippen molar-refractivity contribution in [2.75, 3.05) is 6.61 Å². The van der Waals surface area contributed by atoms with E-state index < -0.39 is 6.18 Å². The molecule has 0 radical (unpaired) electrons. The van der Waals surface area contributed by atoms with E-state index in [1.165, 1.54) is 0 Å². The molecule has 0 saturated heterocycles. The van der Waals surface area contributed by atoms with Crippen molar-refractivity contribution in [3.8, 4) is 5.75 Å². The van der Waals surface area contributed by atoms with Gasteiger partial charge < -0.3 is 4.74 Å². The number of halogens is 3. The van der Waals surface area contributed by atoms with Gasteiger partial charge in [0, 0.05) is 6.92 Å². The molecule has 1 rings (SSSR count). The molecule has 0 aliphatic carbocycles. The lowest BCUT2D eigenvalue weighted by molar-refractivity contribution is -0.110. The highest BCUT2D eigenvalue weighted by Gasteiger charge is 2.15. The van der Waals surface area contributed by atoms with E-state index in [4.69, 9.17) is 4.74 Å². The molecule has 4 heteroatoms. The molecule has 0 aliphatic heterocycles. The third-order valence-corrected chi connectivity index (χ3v) is 1.33. The lowest BCUT2D eigenvalue weighted by Crippen LogP contribution is -2.03. The second-order valence-electron chi connectivity index (χ2n) is 3.80. The SMILES string of the molecule is CC(C)COc1ccccc1.CC(F)(F)F. The summed E-state index contributed by atoms with van der Waals surface area (Å²) in [7, 11) is 0. The zero-order valence-electron chi connectivity index (χ0n) is 9.71. The van der Waals surface area contributed by atoms with E-state index in [0.717, 1.165) is 12.4 Å². The van der Waals surface area contributed by atoms with Gasteiger partial charge in [0.2, 0.25) is 0 Å². The summed E-state index contributed by atoms with van der Waals surface area (Å²) >= 11 is 0. The number of rotatable bonds is 3. The molecule has 0 heterocycles. The number of alkyl halides is 3. The molecular weight excluding hydrogens is 217 g/mol. The van der Waals surface area contributed by atoms with Gasteiger partial charge in [0.15, 0.2) is 0 Å². The van der Waals surface area contributed by atoms with Crippen molar-refractivity contribution >= 4 is 0 Å². The summed E-state index contributed by atoms with van der Waals surface area (Å²) < 4.78 is 36.5. The van der Waals surface area contributed by atoms with Gasteiger partial charge in [-0.1, -0.05) is 32.0 Å². The van der Waals surface area contributed by atoms with Crippen LogP contribution in [0.5, 0.6) is 5.75 Å².